The number of hydrogen-bond donors (Lipinski definition) is 1. The van der Waals surface area contributed by atoms with Crippen LogP contribution in [-0.4, -0.2) is 39.4 Å². The number of esters is 1. The zero-order chi connectivity index (χ0) is 25.8. The third-order valence-electron chi connectivity index (χ3n) is 6.66. The first-order chi connectivity index (χ1) is 18.0. The maximum Gasteiger partial charge on any atom is 0.340 e. The van der Waals surface area contributed by atoms with E-state index in [1.807, 2.05) is 62.4 Å². The van der Waals surface area contributed by atoms with Crippen molar-refractivity contribution in [3.63, 3.8) is 0 Å². The number of benzene rings is 2. The van der Waals surface area contributed by atoms with E-state index in [0.29, 0.717) is 24.3 Å². The summed E-state index contributed by atoms with van der Waals surface area (Å²) in [7, 11) is 0. The zero-order valence-electron chi connectivity index (χ0n) is 21.1. The molecular weight excluding hydrogens is 464 g/mol. The molecule has 0 radical (unpaired) electrons. The lowest BCUT2D eigenvalue weighted by atomic mass is 9.95. The molecule has 1 aliphatic rings. The molecule has 0 saturated heterocycles. The lowest BCUT2D eigenvalue weighted by Crippen LogP contribution is -2.35. The van der Waals surface area contributed by atoms with Gasteiger partial charge in [-0.15, -0.1) is 0 Å². The number of anilines is 1. The summed E-state index contributed by atoms with van der Waals surface area (Å²) in [6.45, 7) is 5.97. The van der Waals surface area contributed by atoms with Gasteiger partial charge in [0.2, 0.25) is 0 Å². The van der Waals surface area contributed by atoms with Gasteiger partial charge in [-0.25, -0.2) is 9.78 Å². The van der Waals surface area contributed by atoms with Crippen LogP contribution >= 0.6 is 0 Å². The Morgan fingerprint density at radius 2 is 1.86 bits per heavy atom. The van der Waals surface area contributed by atoms with E-state index < -0.39 is 18.0 Å². The first-order valence-electron chi connectivity index (χ1n) is 12.6. The van der Waals surface area contributed by atoms with Gasteiger partial charge < -0.3 is 10.1 Å². The van der Waals surface area contributed by atoms with Crippen LogP contribution in [0.15, 0.2) is 72.9 Å². The Balaban J connectivity index is 1.43. The number of fused-ring (bicyclic) bond motifs is 2. The minimum atomic E-state index is -0.943. The summed E-state index contributed by atoms with van der Waals surface area (Å²) < 4.78 is 5.85. The highest BCUT2D eigenvalue weighted by molar-refractivity contribution is 6.06. The summed E-state index contributed by atoms with van der Waals surface area (Å²) >= 11 is 0. The van der Waals surface area contributed by atoms with E-state index in [1.54, 1.807) is 12.3 Å². The van der Waals surface area contributed by atoms with Crippen LogP contribution in [0.5, 0.6) is 0 Å². The van der Waals surface area contributed by atoms with Crippen molar-refractivity contribution in [2.24, 2.45) is 0 Å². The van der Waals surface area contributed by atoms with Gasteiger partial charge in [-0.05, 0) is 42.7 Å². The molecule has 0 saturated carbocycles. The smallest absolute Gasteiger partial charge is 0.340 e. The molecule has 0 fully saturated rings. The second-order valence-electron chi connectivity index (χ2n) is 9.39. The Kier molecular flexibility index (Phi) is 7.23. The number of aromatic nitrogens is 2. The third-order valence-corrected chi connectivity index (χ3v) is 6.66. The molecule has 1 atom stereocenters. The van der Waals surface area contributed by atoms with Crippen molar-refractivity contribution in [2.45, 2.75) is 45.9 Å². The molecule has 1 unspecified atom stereocenters. The van der Waals surface area contributed by atoms with Gasteiger partial charge >= 0.3 is 5.97 Å². The molecule has 1 amide bonds. The van der Waals surface area contributed by atoms with Gasteiger partial charge in [-0.3, -0.25) is 14.7 Å². The zero-order valence-corrected chi connectivity index (χ0v) is 21.1. The van der Waals surface area contributed by atoms with Crippen LogP contribution in [0.2, 0.25) is 0 Å². The number of hydrogen-bond acceptors (Lipinski definition) is 6. The third kappa shape index (κ3) is 5.52. The Morgan fingerprint density at radius 1 is 1.08 bits per heavy atom. The molecule has 4 aromatic rings. The molecule has 0 aliphatic carbocycles. The highest BCUT2D eigenvalue weighted by atomic mass is 16.5. The summed E-state index contributed by atoms with van der Waals surface area (Å²) in [6.07, 6.45) is 1.77. The molecular formula is C30H30N4O3. The number of nitrogens with one attached hydrogen (secondary N) is 1. The molecule has 3 heterocycles. The Morgan fingerprint density at radius 3 is 2.65 bits per heavy atom. The van der Waals surface area contributed by atoms with Gasteiger partial charge in [0.25, 0.3) is 5.91 Å². The second kappa shape index (κ2) is 10.9. The van der Waals surface area contributed by atoms with Crippen LogP contribution in [0.4, 0.5) is 5.82 Å². The summed E-state index contributed by atoms with van der Waals surface area (Å²) in [6, 6.07) is 21.5. The summed E-state index contributed by atoms with van der Waals surface area (Å²) in [5.74, 6) is -0.467. The van der Waals surface area contributed by atoms with Gasteiger partial charge in [-0.1, -0.05) is 55.5 Å². The summed E-state index contributed by atoms with van der Waals surface area (Å²) in [5.41, 5.74) is 5.24. The van der Waals surface area contributed by atoms with Crippen molar-refractivity contribution in [1.29, 1.82) is 0 Å². The summed E-state index contributed by atoms with van der Waals surface area (Å²) in [5, 5.41) is 3.52. The molecule has 2 aromatic heterocycles. The van der Waals surface area contributed by atoms with E-state index in [-0.39, 0.29) is 0 Å². The predicted molar refractivity (Wildman–Crippen MR) is 143 cm³/mol. The normalized spacial score (nSPS) is 14.1. The highest BCUT2D eigenvalue weighted by Crippen LogP contribution is 2.30. The quantitative estimate of drug-likeness (QED) is 0.361. The molecule has 0 bridgehead atoms. The van der Waals surface area contributed by atoms with Crippen molar-refractivity contribution in [2.75, 3.05) is 11.9 Å². The van der Waals surface area contributed by atoms with Crippen LogP contribution in [0, 0.1) is 6.92 Å². The highest BCUT2D eigenvalue weighted by Gasteiger charge is 2.29. The monoisotopic (exact) mass is 494 g/mol. The average Bonchev–Trinajstić information content (AvgIpc) is 2.90. The van der Waals surface area contributed by atoms with Gasteiger partial charge in [0.05, 0.1) is 11.1 Å². The maximum absolute atomic E-state index is 13.7. The van der Waals surface area contributed by atoms with E-state index in [4.69, 9.17) is 9.72 Å². The molecule has 188 valence electrons. The van der Waals surface area contributed by atoms with E-state index in [0.717, 1.165) is 47.2 Å². The number of rotatable bonds is 7. The maximum atomic E-state index is 13.7. The van der Waals surface area contributed by atoms with Gasteiger partial charge in [0, 0.05) is 48.9 Å². The van der Waals surface area contributed by atoms with Crippen LogP contribution in [0.3, 0.4) is 0 Å². The molecule has 37 heavy (non-hydrogen) atoms. The Labute approximate surface area is 216 Å². The fourth-order valence-corrected chi connectivity index (χ4v) is 4.78. The molecule has 7 heteroatoms. The predicted octanol–water partition coefficient (Wildman–Crippen LogP) is 5.07. The molecule has 5 rings (SSSR count). The molecule has 0 spiro atoms. The second-order valence-corrected chi connectivity index (χ2v) is 9.39. The van der Waals surface area contributed by atoms with Crippen molar-refractivity contribution in [3.05, 3.63) is 101 Å². The first kappa shape index (κ1) is 24.6. The number of aryl methyl sites for hydroxylation is 1. The van der Waals surface area contributed by atoms with E-state index in [2.05, 4.69) is 27.3 Å². The van der Waals surface area contributed by atoms with Crippen molar-refractivity contribution < 1.29 is 14.3 Å². The van der Waals surface area contributed by atoms with Gasteiger partial charge in [0.15, 0.2) is 6.10 Å². The van der Waals surface area contributed by atoms with Crippen molar-refractivity contribution >= 4 is 28.6 Å². The largest absolute Gasteiger partial charge is 0.449 e. The minimum absolute atomic E-state index is 0.342. The number of pyridine rings is 2. The summed E-state index contributed by atoms with van der Waals surface area (Å²) in [4.78, 5) is 38.1. The molecule has 7 nitrogen and oxygen atoms in total. The number of nitrogens with zero attached hydrogens (tertiary/aromatic N) is 3. The standard InChI is InChI=1S/C30H30N4O3/c1-3-26(29(35)33-27-17-20(2)13-15-31-27)37-30(36)28-22-11-7-8-12-24(22)32-25-14-16-34(19-23(25)28)18-21-9-5-4-6-10-21/h4-13,15,17,26H,3,14,16,18-19H2,1-2H3,(H,31,33,35). The average molecular weight is 495 g/mol. The Bertz CT molecular complexity index is 1440. The van der Waals surface area contributed by atoms with E-state index >= 15 is 0 Å². The fraction of sp³-hybridized carbons (Fsp3) is 0.267. The van der Waals surface area contributed by atoms with Crippen molar-refractivity contribution in [1.82, 2.24) is 14.9 Å². The fourth-order valence-electron chi connectivity index (χ4n) is 4.78. The number of amides is 1. The number of ether oxygens (including phenoxy) is 1. The number of para-hydroxylation sites is 1. The van der Waals surface area contributed by atoms with E-state index in [9.17, 15) is 9.59 Å². The first-order valence-corrected chi connectivity index (χ1v) is 12.6. The van der Waals surface area contributed by atoms with Gasteiger partial charge in [0.1, 0.15) is 5.82 Å². The minimum Gasteiger partial charge on any atom is -0.449 e. The topological polar surface area (TPSA) is 84.4 Å². The number of carbonyl (C=O) groups excluding carboxylic acids is 2. The lowest BCUT2D eigenvalue weighted by molar-refractivity contribution is -0.124. The number of carbonyl (C=O) groups is 2. The van der Waals surface area contributed by atoms with Crippen LogP contribution in [0.1, 0.15) is 46.1 Å². The molecule has 1 aliphatic heterocycles. The van der Waals surface area contributed by atoms with E-state index in [1.165, 1.54) is 5.56 Å². The van der Waals surface area contributed by atoms with Crippen LogP contribution in [0.25, 0.3) is 10.9 Å². The van der Waals surface area contributed by atoms with Crippen LogP contribution < -0.4 is 5.32 Å². The van der Waals surface area contributed by atoms with Gasteiger partial charge in [-0.2, -0.15) is 0 Å². The molecule has 1 N–H and O–H groups in total. The lowest BCUT2D eigenvalue weighted by Gasteiger charge is -2.30. The molecule has 2 aromatic carbocycles. The van der Waals surface area contributed by atoms with Crippen LogP contribution in [-0.2, 0) is 29.0 Å². The van der Waals surface area contributed by atoms with Crippen molar-refractivity contribution in [3.8, 4) is 0 Å². The Hall–Kier alpha value is -4.10. The SMILES string of the molecule is CCC(OC(=O)c1c2c(nc3ccccc13)CCN(Cc1ccccc1)C2)C(=O)Nc1cc(C)ccn1.